The van der Waals surface area contributed by atoms with Gasteiger partial charge < -0.3 is 9.67 Å². The van der Waals surface area contributed by atoms with E-state index in [0.29, 0.717) is 6.54 Å². The number of pyridine rings is 2. The van der Waals surface area contributed by atoms with Crippen molar-refractivity contribution < 1.29 is 14.3 Å². The molecule has 1 N–H and O–H groups in total. The number of rotatable bonds is 2. The number of carboxylic acids is 1. The molecule has 0 unspecified atom stereocenters. The number of carbonyl (C=O) groups is 1. The van der Waals surface area contributed by atoms with E-state index in [9.17, 15) is 14.0 Å². The van der Waals surface area contributed by atoms with Crippen molar-refractivity contribution >= 4 is 17.0 Å². The normalized spacial score (nSPS) is 10.7. The fourth-order valence-corrected chi connectivity index (χ4v) is 1.64. The molecule has 0 aliphatic rings. The molecule has 0 amide bonds. The minimum Gasteiger partial charge on any atom is -0.477 e. The molecule has 2 aromatic rings. The van der Waals surface area contributed by atoms with Crippen LogP contribution in [0.2, 0.25) is 0 Å². The third kappa shape index (κ3) is 1.77. The molecule has 0 spiro atoms. The van der Waals surface area contributed by atoms with Crippen LogP contribution in [0.15, 0.2) is 23.3 Å². The lowest BCUT2D eigenvalue weighted by Crippen LogP contribution is -2.19. The Hall–Kier alpha value is -2.24. The van der Waals surface area contributed by atoms with E-state index in [-0.39, 0.29) is 16.6 Å². The summed E-state index contributed by atoms with van der Waals surface area (Å²) in [5.41, 5.74) is -0.820. The van der Waals surface area contributed by atoms with Gasteiger partial charge in [0.15, 0.2) is 0 Å². The lowest BCUT2D eigenvalue weighted by Gasteiger charge is -2.08. The number of nitrogens with zero attached hydrogens (tertiary/aromatic N) is 2. The molecule has 2 aromatic heterocycles. The molecule has 0 bridgehead atoms. The second-order valence-corrected chi connectivity index (χ2v) is 3.49. The number of hydrogen-bond donors (Lipinski definition) is 1. The SMILES string of the molecule is CCn1cc(C(=O)O)c(=O)c2cc(F)cnc21. The Bertz CT molecular complexity index is 664. The highest BCUT2D eigenvalue weighted by molar-refractivity contribution is 5.91. The van der Waals surface area contributed by atoms with Gasteiger partial charge in [-0.1, -0.05) is 0 Å². The van der Waals surface area contributed by atoms with Crippen molar-refractivity contribution in [3.8, 4) is 0 Å². The molecule has 17 heavy (non-hydrogen) atoms. The van der Waals surface area contributed by atoms with Gasteiger partial charge in [0.25, 0.3) is 0 Å². The predicted molar refractivity (Wildman–Crippen MR) is 58.6 cm³/mol. The van der Waals surface area contributed by atoms with Gasteiger partial charge in [0.05, 0.1) is 11.6 Å². The zero-order chi connectivity index (χ0) is 12.6. The molecule has 0 atom stereocenters. The van der Waals surface area contributed by atoms with Gasteiger partial charge in [-0.15, -0.1) is 0 Å². The molecular formula is C11H9FN2O3. The lowest BCUT2D eigenvalue weighted by atomic mass is 10.2. The topological polar surface area (TPSA) is 72.2 Å². The molecule has 0 saturated heterocycles. The highest BCUT2D eigenvalue weighted by Gasteiger charge is 2.15. The van der Waals surface area contributed by atoms with Gasteiger partial charge in [0.2, 0.25) is 5.43 Å². The summed E-state index contributed by atoms with van der Waals surface area (Å²) < 4.78 is 14.5. The molecular weight excluding hydrogens is 227 g/mol. The number of hydrogen-bond acceptors (Lipinski definition) is 3. The van der Waals surface area contributed by atoms with Crippen LogP contribution in [0.3, 0.4) is 0 Å². The first-order valence-electron chi connectivity index (χ1n) is 4.96. The van der Waals surface area contributed by atoms with Crippen LogP contribution in [0.4, 0.5) is 4.39 Å². The van der Waals surface area contributed by atoms with Gasteiger partial charge in [-0.25, -0.2) is 14.2 Å². The maximum atomic E-state index is 13.0. The molecule has 2 heterocycles. The van der Waals surface area contributed by atoms with E-state index in [4.69, 9.17) is 5.11 Å². The van der Waals surface area contributed by atoms with Crippen molar-refractivity contribution in [1.82, 2.24) is 9.55 Å². The van der Waals surface area contributed by atoms with Gasteiger partial charge in [0.1, 0.15) is 17.0 Å². The second-order valence-electron chi connectivity index (χ2n) is 3.49. The minimum absolute atomic E-state index is 0.0215. The summed E-state index contributed by atoms with van der Waals surface area (Å²) >= 11 is 0. The molecule has 0 saturated carbocycles. The maximum Gasteiger partial charge on any atom is 0.341 e. The van der Waals surface area contributed by atoms with Gasteiger partial charge >= 0.3 is 5.97 Å². The van der Waals surface area contributed by atoms with Gasteiger partial charge in [-0.05, 0) is 13.0 Å². The Labute approximate surface area is 95.1 Å². The molecule has 0 radical (unpaired) electrons. The van der Waals surface area contributed by atoms with Crippen LogP contribution in [0.5, 0.6) is 0 Å². The maximum absolute atomic E-state index is 13.0. The van der Waals surface area contributed by atoms with Crippen LogP contribution in [0.1, 0.15) is 17.3 Å². The van der Waals surface area contributed by atoms with Crippen molar-refractivity contribution in [2.45, 2.75) is 13.5 Å². The zero-order valence-corrected chi connectivity index (χ0v) is 8.98. The average Bonchev–Trinajstić information content (AvgIpc) is 2.29. The highest BCUT2D eigenvalue weighted by atomic mass is 19.1. The molecule has 0 aliphatic heterocycles. The van der Waals surface area contributed by atoms with Crippen molar-refractivity contribution in [2.24, 2.45) is 0 Å². The van der Waals surface area contributed by atoms with Crippen LogP contribution in [-0.4, -0.2) is 20.6 Å². The van der Waals surface area contributed by atoms with E-state index < -0.39 is 17.2 Å². The van der Waals surface area contributed by atoms with Crippen molar-refractivity contribution in [1.29, 1.82) is 0 Å². The molecule has 0 aliphatic carbocycles. The van der Waals surface area contributed by atoms with E-state index in [1.165, 1.54) is 10.8 Å². The second kappa shape index (κ2) is 3.97. The van der Waals surface area contributed by atoms with Gasteiger partial charge in [-0.3, -0.25) is 4.79 Å². The fourth-order valence-electron chi connectivity index (χ4n) is 1.64. The number of aromatic nitrogens is 2. The first-order valence-corrected chi connectivity index (χ1v) is 4.96. The summed E-state index contributed by atoms with van der Waals surface area (Å²) in [6.45, 7) is 2.22. The van der Waals surface area contributed by atoms with Crippen molar-refractivity contribution in [3.05, 3.63) is 40.1 Å². The van der Waals surface area contributed by atoms with E-state index in [2.05, 4.69) is 4.98 Å². The Kier molecular flexibility index (Phi) is 2.63. The average molecular weight is 236 g/mol. The minimum atomic E-state index is -1.33. The summed E-state index contributed by atoms with van der Waals surface area (Å²) in [5, 5.41) is 8.87. The van der Waals surface area contributed by atoms with E-state index in [1.54, 1.807) is 6.92 Å². The quantitative estimate of drug-likeness (QED) is 0.851. The molecule has 6 heteroatoms. The zero-order valence-electron chi connectivity index (χ0n) is 8.98. The van der Waals surface area contributed by atoms with E-state index in [0.717, 1.165) is 12.3 Å². The smallest absolute Gasteiger partial charge is 0.341 e. The third-order valence-corrected chi connectivity index (χ3v) is 2.45. The molecule has 0 aromatic carbocycles. The van der Waals surface area contributed by atoms with Gasteiger partial charge in [0, 0.05) is 12.7 Å². The van der Waals surface area contributed by atoms with Crippen LogP contribution in [-0.2, 0) is 6.54 Å². The Morgan fingerprint density at radius 2 is 2.29 bits per heavy atom. The number of aromatic carboxylic acids is 1. The van der Waals surface area contributed by atoms with E-state index >= 15 is 0 Å². The fraction of sp³-hybridized carbons (Fsp3) is 0.182. The lowest BCUT2D eigenvalue weighted by molar-refractivity contribution is 0.0695. The molecule has 0 fully saturated rings. The number of fused-ring (bicyclic) bond motifs is 1. The number of halogens is 1. The third-order valence-electron chi connectivity index (χ3n) is 2.45. The first kappa shape index (κ1) is 11.3. The van der Waals surface area contributed by atoms with Crippen LogP contribution in [0.25, 0.3) is 11.0 Å². The Balaban J connectivity index is 2.96. The van der Waals surface area contributed by atoms with Crippen molar-refractivity contribution in [3.63, 3.8) is 0 Å². The molecule has 88 valence electrons. The summed E-state index contributed by atoms with van der Waals surface area (Å²) in [6.07, 6.45) is 2.21. The Morgan fingerprint density at radius 3 is 2.88 bits per heavy atom. The van der Waals surface area contributed by atoms with Crippen LogP contribution in [0, 0.1) is 5.82 Å². The van der Waals surface area contributed by atoms with Gasteiger partial charge in [-0.2, -0.15) is 0 Å². The first-order chi connectivity index (χ1) is 8.04. The summed E-state index contributed by atoms with van der Waals surface area (Å²) in [6, 6.07) is 1.00. The summed E-state index contributed by atoms with van der Waals surface area (Å²) in [7, 11) is 0. The highest BCUT2D eigenvalue weighted by Crippen LogP contribution is 2.10. The summed E-state index contributed by atoms with van der Waals surface area (Å²) in [5.74, 6) is -2.00. The monoisotopic (exact) mass is 236 g/mol. The standard InChI is InChI=1S/C11H9FN2O3/c1-2-14-5-8(11(16)17)9(15)7-3-6(12)4-13-10(7)14/h3-5H,2H2,1H3,(H,16,17). The van der Waals surface area contributed by atoms with Crippen molar-refractivity contribution in [2.75, 3.05) is 0 Å². The van der Waals surface area contributed by atoms with Crippen LogP contribution < -0.4 is 5.43 Å². The number of aryl methyl sites for hydroxylation is 1. The molecule has 5 nitrogen and oxygen atoms in total. The number of carboxylic acid groups (broad SMARTS) is 1. The predicted octanol–water partition coefficient (Wildman–Crippen LogP) is 1.25. The van der Waals surface area contributed by atoms with Crippen LogP contribution >= 0.6 is 0 Å². The summed E-state index contributed by atoms with van der Waals surface area (Å²) in [4.78, 5) is 26.5. The van der Waals surface area contributed by atoms with E-state index in [1.807, 2.05) is 0 Å². The largest absolute Gasteiger partial charge is 0.477 e. The molecule has 2 rings (SSSR count). The Morgan fingerprint density at radius 1 is 1.59 bits per heavy atom.